The number of amides is 2. The molecule has 134 valence electrons. The first-order chi connectivity index (χ1) is 12.1. The van der Waals surface area contributed by atoms with Crippen molar-refractivity contribution in [2.24, 2.45) is 7.05 Å². The molecule has 25 heavy (non-hydrogen) atoms. The maximum atomic E-state index is 12.0. The second-order valence-corrected chi connectivity index (χ2v) is 6.19. The first kappa shape index (κ1) is 17.3. The van der Waals surface area contributed by atoms with Gasteiger partial charge in [0.15, 0.2) is 0 Å². The number of nitrogens with one attached hydrogen (secondary N) is 2. The molecular formula is C18H24N4O3. The van der Waals surface area contributed by atoms with E-state index in [1.54, 1.807) is 11.7 Å². The summed E-state index contributed by atoms with van der Waals surface area (Å²) in [6, 6.07) is 9.27. The number of nitrogens with zero attached hydrogens (tertiary/aromatic N) is 2. The number of rotatable bonds is 6. The third kappa shape index (κ3) is 4.96. The lowest BCUT2D eigenvalue weighted by molar-refractivity contribution is 0.0679. The zero-order chi connectivity index (χ0) is 17.6. The molecule has 0 spiro atoms. The van der Waals surface area contributed by atoms with Crippen molar-refractivity contribution in [1.29, 1.82) is 0 Å². The molecule has 2 N–H and O–H groups in total. The maximum absolute atomic E-state index is 12.0. The second kappa shape index (κ2) is 8.02. The molecule has 1 aliphatic rings. The first-order valence-electron chi connectivity index (χ1n) is 8.49. The van der Waals surface area contributed by atoms with Crippen LogP contribution in [-0.2, 0) is 18.3 Å². The lowest BCUT2D eigenvalue weighted by atomic mass is 10.2. The highest BCUT2D eigenvalue weighted by atomic mass is 16.5. The van der Waals surface area contributed by atoms with E-state index in [-0.39, 0.29) is 12.1 Å². The van der Waals surface area contributed by atoms with Crippen LogP contribution >= 0.6 is 0 Å². The molecule has 1 aliphatic heterocycles. The lowest BCUT2D eigenvalue weighted by Crippen LogP contribution is -2.29. The van der Waals surface area contributed by atoms with Crippen LogP contribution in [0.15, 0.2) is 30.3 Å². The van der Waals surface area contributed by atoms with E-state index < -0.39 is 0 Å². The van der Waals surface area contributed by atoms with E-state index >= 15 is 0 Å². The number of aryl methyl sites for hydroxylation is 2. The molecule has 1 fully saturated rings. The highest BCUT2D eigenvalue weighted by molar-refractivity contribution is 5.88. The maximum Gasteiger partial charge on any atom is 0.320 e. The molecule has 0 aliphatic carbocycles. The van der Waals surface area contributed by atoms with Crippen LogP contribution in [0, 0.1) is 6.92 Å². The number of carbonyl (C=O) groups is 1. The first-order valence-corrected chi connectivity index (χ1v) is 8.49. The molecule has 1 aromatic carbocycles. The summed E-state index contributed by atoms with van der Waals surface area (Å²) in [4.78, 5) is 12.0. The molecular weight excluding hydrogens is 320 g/mol. The lowest BCUT2D eigenvalue weighted by Gasteiger charge is -2.12. The quantitative estimate of drug-likeness (QED) is 0.844. The van der Waals surface area contributed by atoms with Gasteiger partial charge in [0.25, 0.3) is 0 Å². The number of hydrogen-bond acceptors (Lipinski definition) is 4. The summed E-state index contributed by atoms with van der Waals surface area (Å²) in [5.74, 6) is 1.47. The normalized spacial score (nSPS) is 16.6. The predicted molar refractivity (Wildman–Crippen MR) is 94.7 cm³/mol. The van der Waals surface area contributed by atoms with Crippen LogP contribution in [0.5, 0.6) is 5.75 Å². The molecule has 2 aromatic rings. The van der Waals surface area contributed by atoms with Gasteiger partial charge in [-0.1, -0.05) is 12.1 Å². The van der Waals surface area contributed by atoms with Crippen molar-refractivity contribution in [2.45, 2.75) is 32.4 Å². The van der Waals surface area contributed by atoms with Gasteiger partial charge in [0.05, 0.1) is 11.8 Å². The van der Waals surface area contributed by atoms with Gasteiger partial charge < -0.3 is 14.8 Å². The Hall–Kier alpha value is -2.54. The van der Waals surface area contributed by atoms with Crippen molar-refractivity contribution in [3.8, 4) is 5.75 Å². The Bertz CT molecular complexity index is 706. The summed E-state index contributed by atoms with van der Waals surface area (Å²) in [5.41, 5.74) is 1.86. The van der Waals surface area contributed by atoms with Gasteiger partial charge in [0.2, 0.25) is 0 Å². The average molecular weight is 344 g/mol. The molecule has 1 aromatic heterocycles. The number of benzene rings is 1. The van der Waals surface area contributed by atoms with Crippen LogP contribution in [0.2, 0.25) is 0 Å². The standard InChI is InChI=1S/C18H24N4O3/c1-13-10-17(22(2)21-13)20-18(23)19-11-14-5-7-15(8-6-14)25-12-16-4-3-9-24-16/h5-8,10,16H,3-4,9,11-12H2,1-2H3,(H2,19,20,23)/t16-/m1/s1. The Kier molecular flexibility index (Phi) is 5.55. The zero-order valence-corrected chi connectivity index (χ0v) is 14.6. The van der Waals surface area contributed by atoms with E-state index in [1.807, 2.05) is 37.3 Å². The Labute approximate surface area is 147 Å². The van der Waals surface area contributed by atoms with Gasteiger partial charge in [-0.25, -0.2) is 4.79 Å². The van der Waals surface area contributed by atoms with Gasteiger partial charge in [-0.15, -0.1) is 0 Å². The van der Waals surface area contributed by atoms with Gasteiger partial charge in [0.1, 0.15) is 18.2 Å². The molecule has 3 rings (SSSR count). The van der Waals surface area contributed by atoms with Crippen LogP contribution in [-0.4, -0.2) is 35.1 Å². The minimum atomic E-state index is -0.262. The third-order valence-corrected chi connectivity index (χ3v) is 4.08. The van der Waals surface area contributed by atoms with Crippen LogP contribution in [0.25, 0.3) is 0 Å². The Morgan fingerprint density at radius 1 is 1.40 bits per heavy atom. The van der Waals surface area contributed by atoms with Crippen LogP contribution in [0.3, 0.4) is 0 Å². The fraction of sp³-hybridized carbons (Fsp3) is 0.444. The van der Waals surface area contributed by atoms with Gasteiger partial charge in [0, 0.05) is 26.3 Å². The molecule has 7 nitrogen and oxygen atoms in total. The summed E-state index contributed by atoms with van der Waals surface area (Å²) in [6.45, 7) is 3.74. The molecule has 0 bridgehead atoms. The number of hydrogen-bond donors (Lipinski definition) is 2. The molecule has 7 heteroatoms. The van der Waals surface area contributed by atoms with E-state index in [0.29, 0.717) is 19.0 Å². The van der Waals surface area contributed by atoms with Crippen molar-refractivity contribution < 1.29 is 14.3 Å². The van der Waals surface area contributed by atoms with E-state index in [4.69, 9.17) is 9.47 Å². The summed E-state index contributed by atoms with van der Waals surface area (Å²) in [5, 5.41) is 9.79. The summed E-state index contributed by atoms with van der Waals surface area (Å²) in [6.07, 6.45) is 2.38. The van der Waals surface area contributed by atoms with E-state index in [1.165, 1.54) is 0 Å². The summed E-state index contributed by atoms with van der Waals surface area (Å²) < 4.78 is 12.9. The monoisotopic (exact) mass is 344 g/mol. The molecule has 2 heterocycles. The van der Waals surface area contributed by atoms with Gasteiger partial charge in [-0.2, -0.15) is 5.10 Å². The van der Waals surface area contributed by atoms with Crippen molar-refractivity contribution in [2.75, 3.05) is 18.5 Å². The SMILES string of the molecule is Cc1cc(NC(=O)NCc2ccc(OC[C@H]3CCCO3)cc2)n(C)n1. The number of anilines is 1. The molecule has 0 radical (unpaired) electrons. The summed E-state index contributed by atoms with van der Waals surface area (Å²) in [7, 11) is 1.79. The van der Waals surface area contributed by atoms with Crippen LogP contribution in [0.4, 0.5) is 10.6 Å². The van der Waals surface area contributed by atoms with Crippen LogP contribution in [0.1, 0.15) is 24.1 Å². The fourth-order valence-corrected chi connectivity index (χ4v) is 2.74. The Morgan fingerprint density at radius 3 is 2.84 bits per heavy atom. The predicted octanol–water partition coefficient (Wildman–Crippen LogP) is 2.61. The smallest absolute Gasteiger partial charge is 0.320 e. The van der Waals surface area contributed by atoms with E-state index in [9.17, 15) is 4.79 Å². The van der Waals surface area contributed by atoms with Crippen molar-refractivity contribution >= 4 is 11.8 Å². The topological polar surface area (TPSA) is 77.4 Å². The number of ether oxygens (including phenoxy) is 2. The Morgan fingerprint density at radius 2 is 2.20 bits per heavy atom. The fourth-order valence-electron chi connectivity index (χ4n) is 2.74. The van der Waals surface area contributed by atoms with Crippen molar-refractivity contribution in [3.63, 3.8) is 0 Å². The number of carbonyl (C=O) groups excluding carboxylic acids is 1. The van der Waals surface area contributed by atoms with Gasteiger partial charge in [-0.05, 0) is 37.5 Å². The molecule has 1 saturated heterocycles. The third-order valence-electron chi connectivity index (χ3n) is 4.08. The molecule has 1 atom stereocenters. The molecule has 0 saturated carbocycles. The number of urea groups is 1. The minimum absolute atomic E-state index is 0.209. The van der Waals surface area contributed by atoms with Gasteiger partial charge >= 0.3 is 6.03 Å². The summed E-state index contributed by atoms with van der Waals surface area (Å²) >= 11 is 0. The Balaban J connectivity index is 1.43. The number of aromatic nitrogens is 2. The largest absolute Gasteiger partial charge is 0.491 e. The molecule has 2 amide bonds. The second-order valence-electron chi connectivity index (χ2n) is 6.19. The van der Waals surface area contributed by atoms with Crippen LogP contribution < -0.4 is 15.4 Å². The van der Waals surface area contributed by atoms with E-state index in [0.717, 1.165) is 36.5 Å². The average Bonchev–Trinajstić information content (AvgIpc) is 3.22. The van der Waals surface area contributed by atoms with Crippen molar-refractivity contribution in [3.05, 3.63) is 41.6 Å². The molecule has 0 unspecified atom stereocenters. The highest BCUT2D eigenvalue weighted by Gasteiger charge is 2.15. The van der Waals surface area contributed by atoms with E-state index in [2.05, 4.69) is 15.7 Å². The van der Waals surface area contributed by atoms with Gasteiger partial charge in [-0.3, -0.25) is 10.00 Å². The van der Waals surface area contributed by atoms with Crippen molar-refractivity contribution in [1.82, 2.24) is 15.1 Å². The highest BCUT2D eigenvalue weighted by Crippen LogP contribution is 2.16. The zero-order valence-electron chi connectivity index (χ0n) is 14.6. The minimum Gasteiger partial charge on any atom is -0.491 e.